The molecule has 4 nitrogen and oxygen atoms in total. The Kier molecular flexibility index (Phi) is 5.01. The van der Waals surface area contributed by atoms with Crippen LogP contribution in [0, 0.1) is 0 Å². The van der Waals surface area contributed by atoms with E-state index in [-0.39, 0.29) is 0 Å². The van der Waals surface area contributed by atoms with Gasteiger partial charge in [-0.1, -0.05) is 0 Å². The number of hydrogen-bond donors (Lipinski definition) is 3. The highest BCUT2D eigenvalue weighted by Crippen LogP contribution is 2.36. The summed E-state index contributed by atoms with van der Waals surface area (Å²) in [4.78, 5) is 16.3. The predicted molar refractivity (Wildman–Crippen MR) is 165 cm³/mol. The third-order valence-corrected chi connectivity index (χ3v) is 9.06. The van der Waals surface area contributed by atoms with E-state index in [2.05, 4.69) is 114 Å². The van der Waals surface area contributed by atoms with E-state index < -0.39 is 0 Å². The van der Waals surface area contributed by atoms with Crippen LogP contribution in [0.25, 0.3) is 78.6 Å². The van der Waals surface area contributed by atoms with Crippen LogP contribution in [0.3, 0.4) is 0 Å². The summed E-state index contributed by atoms with van der Waals surface area (Å²) < 4.78 is 0. The van der Waals surface area contributed by atoms with Crippen molar-refractivity contribution in [2.45, 2.75) is 0 Å². The average molecular weight is 545 g/mol. The Morgan fingerprint density at radius 2 is 0.816 bits per heavy atom. The summed E-state index contributed by atoms with van der Waals surface area (Å²) in [5, 5.41) is 13.0. The molecular formula is C31H20N4S3. The first-order valence-corrected chi connectivity index (χ1v) is 15.1. The van der Waals surface area contributed by atoms with Crippen molar-refractivity contribution in [3.05, 3.63) is 98.3 Å². The minimum Gasteiger partial charge on any atom is -0.354 e. The number of nitrogens with zero attached hydrogens (tertiary/aromatic N) is 1. The molecule has 8 rings (SSSR count). The van der Waals surface area contributed by atoms with E-state index in [1.165, 1.54) is 11.1 Å². The first-order valence-electron chi connectivity index (χ1n) is 12.2. The highest BCUT2D eigenvalue weighted by molar-refractivity contribution is 7.08. The van der Waals surface area contributed by atoms with Gasteiger partial charge in [-0.15, -0.1) is 0 Å². The number of fused-ring (bicyclic) bond motifs is 9. The van der Waals surface area contributed by atoms with E-state index in [4.69, 9.17) is 4.98 Å². The van der Waals surface area contributed by atoms with Crippen molar-refractivity contribution in [1.82, 2.24) is 19.9 Å². The summed E-state index contributed by atoms with van der Waals surface area (Å²) in [7, 11) is 0. The van der Waals surface area contributed by atoms with E-state index >= 15 is 0 Å². The minimum atomic E-state index is 0.933. The highest BCUT2D eigenvalue weighted by atomic mass is 32.1. The number of rotatable bonds is 3. The van der Waals surface area contributed by atoms with Crippen LogP contribution in [0.5, 0.6) is 0 Å². The maximum atomic E-state index is 5.10. The Morgan fingerprint density at radius 1 is 0.421 bits per heavy atom. The zero-order valence-electron chi connectivity index (χ0n) is 20.0. The van der Waals surface area contributed by atoms with Gasteiger partial charge in [0.1, 0.15) is 0 Å². The first-order chi connectivity index (χ1) is 18.8. The van der Waals surface area contributed by atoms with Gasteiger partial charge in [-0.05, 0) is 116 Å². The number of nitrogens with one attached hydrogen (secondary N) is 3. The van der Waals surface area contributed by atoms with Gasteiger partial charge < -0.3 is 15.0 Å². The summed E-state index contributed by atoms with van der Waals surface area (Å²) in [6.07, 6.45) is 4.23. The molecular weight excluding hydrogens is 525 g/mol. The van der Waals surface area contributed by atoms with Gasteiger partial charge in [0.2, 0.25) is 0 Å². The molecule has 1 aliphatic heterocycles. The molecule has 0 spiro atoms. The topological polar surface area (TPSA) is 60.3 Å². The average Bonchev–Trinajstić information content (AvgIpc) is 3.76. The van der Waals surface area contributed by atoms with Crippen LogP contribution in [-0.2, 0) is 0 Å². The molecule has 0 atom stereocenters. The molecule has 38 heavy (non-hydrogen) atoms. The van der Waals surface area contributed by atoms with Crippen molar-refractivity contribution >= 4 is 79.3 Å². The lowest BCUT2D eigenvalue weighted by molar-refractivity contribution is 1.32. The van der Waals surface area contributed by atoms with E-state index in [9.17, 15) is 0 Å². The van der Waals surface area contributed by atoms with Gasteiger partial charge in [-0.25, -0.2) is 4.98 Å². The minimum absolute atomic E-state index is 0.933. The molecule has 0 amide bonds. The first kappa shape index (κ1) is 21.9. The third kappa shape index (κ3) is 3.51. The fourth-order valence-corrected chi connectivity index (χ4v) is 7.23. The van der Waals surface area contributed by atoms with Gasteiger partial charge in [-0.3, -0.25) is 0 Å². The zero-order valence-corrected chi connectivity index (χ0v) is 22.4. The summed E-state index contributed by atoms with van der Waals surface area (Å²) >= 11 is 5.12. The molecule has 8 bridgehead atoms. The van der Waals surface area contributed by atoms with Crippen molar-refractivity contribution < 1.29 is 0 Å². The van der Waals surface area contributed by atoms with Gasteiger partial charge in [0, 0.05) is 44.3 Å². The third-order valence-electron chi connectivity index (χ3n) is 7.01. The Labute approximate surface area is 230 Å². The van der Waals surface area contributed by atoms with Crippen molar-refractivity contribution in [2.75, 3.05) is 0 Å². The molecule has 8 heterocycles. The highest BCUT2D eigenvalue weighted by Gasteiger charge is 2.15. The van der Waals surface area contributed by atoms with Crippen LogP contribution in [-0.4, -0.2) is 19.9 Å². The summed E-state index contributed by atoms with van der Waals surface area (Å²) in [5.41, 5.74) is 15.2. The molecule has 7 aromatic heterocycles. The Morgan fingerprint density at radius 3 is 1.29 bits per heavy atom. The Bertz CT molecular complexity index is 2070. The second-order valence-corrected chi connectivity index (χ2v) is 11.6. The quantitative estimate of drug-likeness (QED) is 0.204. The van der Waals surface area contributed by atoms with Gasteiger partial charge in [0.15, 0.2) is 0 Å². The van der Waals surface area contributed by atoms with E-state index in [1.807, 2.05) is 0 Å². The summed E-state index contributed by atoms with van der Waals surface area (Å²) in [5.74, 6) is 0. The lowest BCUT2D eigenvalue weighted by atomic mass is 10.1. The van der Waals surface area contributed by atoms with Crippen LogP contribution >= 0.6 is 34.0 Å². The number of thiophene rings is 3. The molecule has 0 saturated carbocycles. The Balaban J connectivity index is 1.59. The number of aromatic amines is 3. The normalized spacial score (nSPS) is 12.1. The van der Waals surface area contributed by atoms with Crippen LogP contribution in [0.4, 0.5) is 0 Å². The number of H-pyrrole nitrogens is 3. The zero-order chi connectivity index (χ0) is 25.1. The fraction of sp³-hybridized carbons (Fsp3) is 0. The maximum Gasteiger partial charge on any atom is 0.0872 e. The summed E-state index contributed by atoms with van der Waals surface area (Å²) in [6, 6.07) is 19.6. The molecule has 182 valence electrons. The van der Waals surface area contributed by atoms with Crippen molar-refractivity contribution in [1.29, 1.82) is 0 Å². The monoisotopic (exact) mass is 544 g/mol. The molecule has 0 unspecified atom stereocenters. The molecule has 1 aliphatic rings. The second kappa shape index (κ2) is 8.70. The molecule has 7 aromatic rings. The largest absolute Gasteiger partial charge is 0.354 e. The standard InChI is InChI=1S/C31H20N4S3/c1-3-23-29(18-9-12-36-15-18)25-5-7-27(34-25)31(20-11-14-38-17-20)28-8-6-26(35-28)30(19-10-13-37-16-19)24-4-2-22(33-24)21(1)32-23/h1-17,32,34-35H. The molecule has 0 fully saturated rings. The maximum absolute atomic E-state index is 5.10. The lowest BCUT2D eigenvalue weighted by Gasteiger charge is -2.02. The number of aromatic nitrogens is 4. The van der Waals surface area contributed by atoms with Crippen LogP contribution < -0.4 is 0 Å². The molecule has 7 heteroatoms. The van der Waals surface area contributed by atoms with Crippen molar-refractivity contribution in [3.63, 3.8) is 0 Å². The summed E-state index contributed by atoms with van der Waals surface area (Å²) in [6.45, 7) is 0. The molecule has 0 aliphatic carbocycles. The number of hydrogen-bond acceptors (Lipinski definition) is 4. The molecule has 0 radical (unpaired) electrons. The van der Waals surface area contributed by atoms with Gasteiger partial charge in [-0.2, -0.15) is 34.0 Å². The molecule has 0 saturated heterocycles. The van der Waals surface area contributed by atoms with E-state index in [1.54, 1.807) is 34.0 Å². The smallest absolute Gasteiger partial charge is 0.0872 e. The SMILES string of the molecule is C1=Cc2nc1c(-c1ccsc1)c1ccc([nH]1)c(-c1ccsc1)c1ccc([nH]1)c(-c1ccsc1)c1ccc2[nH]1. The predicted octanol–water partition coefficient (Wildman–Crippen LogP) is 9.88. The van der Waals surface area contributed by atoms with Gasteiger partial charge in [0.05, 0.1) is 16.9 Å². The molecule has 3 N–H and O–H groups in total. The van der Waals surface area contributed by atoms with Gasteiger partial charge >= 0.3 is 0 Å². The van der Waals surface area contributed by atoms with Crippen molar-refractivity contribution in [2.24, 2.45) is 0 Å². The Hall–Kier alpha value is -4.17. The van der Waals surface area contributed by atoms with E-state index in [0.29, 0.717) is 0 Å². The van der Waals surface area contributed by atoms with Crippen LogP contribution in [0.2, 0.25) is 0 Å². The lowest BCUT2D eigenvalue weighted by Crippen LogP contribution is -1.84. The molecule has 0 aromatic carbocycles. The van der Waals surface area contributed by atoms with Crippen molar-refractivity contribution in [3.8, 4) is 33.4 Å². The fourth-order valence-electron chi connectivity index (χ4n) is 5.29. The van der Waals surface area contributed by atoms with Crippen LogP contribution in [0.15, 0.2) is 86.9 Å². The van der Waals surface area contributed by atoms with Gasteiger partial charge in [0.25, 0.3) is 0 Å². The van der Waals surface area contributed by atoms with E-state index in [0.717, 1.165) is 66.7 Å². The van der Waals surface area contributed by atoms with Crippen LogP contribution in [0.1, 0.15) is 11.4 Å². The second-order valence-electron chi connectivity index (χ2n) is 9.23.